The van der Waals surface area contributed by atoms with Gasteiger partial charge in [-0.15, -0.1) is 0 Å². The van der Waals surface area contributed by atoms with E-state index in [-0.39, 0.29) is 6.42 Å². The molecule has 2 aromatic rings. The van der Waals surface area contributed by atoms with Gasteiger partial charge in [-0.1, -0.05) is 44.2 Å². The van der Waals surface area contributed by atoms with Crippen LogP contribution in [0.25, 0.3) is 11.0 Å². The highest BCUT2D eigenvalue weighted by Gasteiger charge is 2.16. The number of rotatable bonds is 7. The molecule has 1 aliphatic carbocycles. The quantitative estimate of drug-likeness (QED) is 0.823. The van der Waals surface area contributed by atoms with Crippen LogP contribution in [0, 0.1) is 5.92 Å². The summed E-state index contributed by atoms with van der Waals surface area (Å²) in [7, 11) is 0. The Morgan fingerprint density at radius 3 is 2.78 bits per heavy atom. The predicted molar refractivity (Wildman–Crippen MR) is 91.5 cm³/mol. The number of aromatic nitrogens is 2. The minimum absolute atomic E-state index is 0.217. The number of carboxylic acids is 1. The topological polar surface area (TPSA) is 55.1 Å². The van der Waals surface area contributed by atoms with Gasteiger partial charge in [-0.2, -0.15) is 0 Å². The van der Waals surface area contributed by atoms with Crippen LogP contribution in [0.2, 0.25) is 0 Å². The second kappa shape index (κ2) is 7.62. The van der Waals surface area contributed by atoms with Crippen LogP contribution in [0.4, 0.5) is 0 Å². The molecule has 23 heavy (non-hydrogen) atoms. The molecule has 1 aromatic heterocycles. The largest absolute Gasteiger partial charge is 0.481 e. The summed E-state index contributed by atoms with van der Waals surface area (Å²) < 4.78 is 2.24. The third kappa shape index (κ3) is 4.12. The average molecular weight is 314 g/mol. The molecule has 124 valence electrons. The van der Waals surface area contributed by atoms with Crippen LogP contribution in [-0.4, -0.2) is 20.6 Å². The summed E-state index contributed by atoms with van der Waals surface area (Å²) in [5.41, 5.74) is 2.16. The lowest BCUT2D eigenvalue weighted by molar-refractivity contribution is -0.137. The van der Waals surface area contributed by atoms with Gasteiger partial charge in [0.15, 0.2) is 0 Å². The summed E-state index contributed by atoms with van der Waals surface area (Å²) in [5, 5.41) is 8.87. The van der Waals surface area contributed by atoms with Crippen LogP contribution in [0.3, 0.4) is 0 Å². The van der Waals surface area contributed by atoms with Crippen molar-refractivity contribution in [2.45, 2.75) is 64.3 Å². The van der Waals surface area contributed by atoms with E-state index in [1.165, 1.54) is 38.5 Å². The highest BCUT2D eigenvalue weighted by Crippen LogP contribution is 2.28. The Morgan fingerprint density at radius 1 is 1.22 bits per heavy atom. The molecule has 0 bridgehead atoms. The van der Waals surface area contributed by atoms with E-state index in [0.717, 1.165) is 35.7 Å². The van der Waals surface area contributed by atoms with E-state index in [1.54, 1.807) is 0 Å². The van der Waals surface area contributed by atoms with E-state index in [1.807, 2.05) is 18.2 Å². The van der Waals surface area contributed by atoms with E-state index in [4.69, 9.17) is 10.1 Å². The smallest absolute Gasteiger partial charge is 0.303 e. The number of para-hydroxylation sites is 2. The summed E-state index contributed by atoms with van der Waals surface area (Å²) >= 11 is 0. The Labute approximate surface area is 137 Å². The molecule has 1 aromatic carbocycles. The Kier molecular flexibility index (Phi) is 5.31. The Balaban J connectivity index is 1.72. The first-order valence-corrected chi connectivity index (χ1v) is 8.90. The lowest BCUT2D eigenvalue weighted by Gasteiger charge is -2.21. The van der Waals surface area contributed by atoms with Crippen molar-refractivity contribution >= 4 is 17.0 Å². The van der Waals surface area contributed by atoms with Crippen molar-refractivity contribution in [2.24, 2.45) is 5.92 Å². The number of carbonyl (C=O) groups is 1. The molecule has 0 saturated heterocycles. The van der Waals surface area contributed by atoms with Gasteiger partial charge >= 0.3 is 5.97 Å². The third-order valence-corrected chi connectivity index (χ3v) is 5.01. The summed E-state index contributed by atoms with van der Waals surface area (Å²) in [6.07, 6.45) is 9.96. The van der Waals surface area contributed by atoms with Crippen molar-refractivity contribution in [3.05, 3.63) is 30.1 Å². The lowest BCUT2D eigenvalue weighted by atomic mass is 9.86. The van der Waals surface area contributed by atoms with E-state index in [9.17, 15) is 4.79 Å². The normalized spacial score (nSPS) is 16.0. The molecule has 4 nitrogen and oxygen atoms in total. The van der Waals surface area contributed by atoms with Crippen LogP contribution >= 0.6 is 0 Å². The van der Waals surface area contributed by atoms with Crippen molar-refractivity contribution in [2.75, 3.05) is 0 Å². The van der Waals surface area contributed by atoms with Crippen molar-refractivity contribution in [3.63, 3.8) is 0 Å². The molecule has 1 N–H and O–H groups in total. The molecule has 3 rings (SSSR count). The summed E-state index contributed by atoms with van der Waals surface area (Å²) in [5.74, 6) is 1.25. The van der Waals surface area contributed by atoms with Gasteiger partial charge in [0.25, 0.3) is 0 Å². The van der Waals surface area contributed by atoms with Gasteiger partial charge in [0.05, 0.1) is 11.0 Å². The van der Waals surface area contributed by atoms with Gasteiger partial charge < -0.3 is 9.67 Å². The van der Waals surface area contributed by atoms with Crippen molar-refractivity contribution in [1.29, 1.82) is 0 Å². The number of nitrogens with zero attached hydrogens (tertiary/aromatic N) is 2. The zero-order chi connectivity index (χ0) is 16.1. The Morgan fingerprint density at radius 2 is 2.00 bits per heavy atom. The first-order chi connectivity index (χ1) is 11.2. The molecule has 0 radical (unpaired) electrons. The van der Waals surface area contributed by atoms with Gasteiger partial charge in [0.1, 0.15) is 5.82 Å². The van der Waals surface area contributed by atoms with Gasteiger partial charge in [-0.25, -0.2) is 4.98 Å². The Bertz CT molecular complexity index is 656. The monoisotopic (exact) mass is 314 g/mol. The molecule has 0 atom stereocenters. The summed E-state index contributed by atoms with van der Waals surface area (Å²) in [4.78, 5) is 15.6. The van der Waals surface area contributed by atoms with Crippen LogP contribution in [-0.2, 0) is 17.8 Å². The molecular formula is C19H26N2O2. The number of benzene rings is 1. The summed E-state index contributed by atoms with van der Waals surface area (Å²) in [6.45, 7) is 0.743. The van der Waals surface area contributed by atoms with E-state index in [2.05, 4.69) is 10.6 Å². The number of aliphatic carboxylic acids is 1. The number of aryl methyl sites for hydroxylation is 2. The zero-order valence-corrected chi connectivity index (χ0v) is 13.7. The van der Waals surface area contributed by atoms with Crippen LogP contribution < -0.4 is 0 Å². The Hall–Kier alpha value is -1.84. The van der Waals surface area contributed by atoms with Gasteiger partial charge in [0.2, 0.25) is 0 Å². The molecule has 1 aliphatic rings. The second-order valence-electron chi connectivity index (χ2n) is 6.71. The number of hydrogen-bond donors (Lipinski definition) is 1. The minimum atomic E-state index is -0.724. The molecule has 1 fully saturated rings. The maximum atomic E-state index is 10.8. The maximum absolute atomic E-state index is 10.8. The highest BCUT2D eigenvalue weighted by atomic mass is 16.4. The number of imidazole rings is 1. The average Bonchev–Trinajstić information content (AvgIpc) is 2.92. The highest BCUT2D eigenvalue weighted by molar-refractivity contribution is 5.76. The zero-order valence-electron chi connectivity index (χ0n) is 13.7. The van der Waals surface area contributed by atoms with Crippen LogP contribution in [0.1, 0.15) is 57.2 Å². The maximum Gasteiger partial charge on any atom is 0.303 e. The summed E-state index contributed by atoms with van der Waals surface area (Å²) in [6, 6.07) is 8.19. The fourth-order valence-corrected chi connectivity index (χ4v) is 3.76. The van der Waals surface area contributed by atoms with Crippen molar-refractivity contribution in [1.82, 2.24) is 9.55 Å². The SMILES string of the molecule is O=C(O)CCCn1c(CCC2CCCCC2)nc2ccccc21. The molecule has 1 heterocycles. The second-order valence-corrected chi connectivity index (χ2v) is 6.71. The third-order valence-electron chi connectivity index (χ3n) is 5.01. The van der Waals surface area contributed by atoms with Gasteiger partial charge in [0, 0.05) is 19.4 Å². The fraction of sp³-hybridized carbons (Fsp3) is 0.579. The van der Waals surface area contributed by atoms with Crippen LogP contribution in [0.15, 0.2) is 24.3 Å². The van der Waals surface area contributed by atoms with E-state index in [0.29, 0.717) is 6.42 Å². The van der Waals surface area contributed by atoms with E-state index >= 15 is 0 Å². The fourth-order valence-electron chi connectivity index (χ4n) is 3.76. The van der Waals surface area contributed by atoms with Crippen molar-refractivity contribution < 1.29 is 9.90 Å². The van der Waals surface area contributed by atoms with Gasteiger partial charge in [-0.05, 0) is 30.9 Å². The first kappa shape index (κ1) is 16.0. The number of hydrogen-bond acceptors (Lipinski definition) is 2. The molecule has 0 amide bonds. The molecule has 1 saturated carbocycles. The predicted octanol–water partition coefficient (Wildman–Crippen LogP) is 4.41. The molecule has 0 aliphatic heterocycles. The van der Waals surface area contributed by atoms with Crippen molar-refractivity contribution in [3.8, 4) is 0 Å². The lowest BCUT2D eigenvalue weighted by Crippen LogP contribution is -2.11. The molecule has 0 spiro atoms. The molecule has 0 unspecified atom stereocenters. The number of carboxylic acid groups (broad SMARTS) is 1. The first-order valence-electron chi connectivity index (χ1n) is 8.90. The van der Waals surface area contributed by atoms with Gasteiger partial charge in [-0.3, -0.25) is 4.79 Å². The molecule has 4 heteroatoms. The minimum Gasteiger partial charge on any atom is -0.481 e. The van der Waals surface area contributed by atoms with Crippen LogP contribution in [0.5, 0.6) is 0 Å². The molecular weight excluding hydrogens is 288 g/mol. The number of fused-ring (bicyclic) bond motifs is 1. The standard InChI is InChI=1S/C19H26N2O2/c22-19(23)11-6-14-21-17-10-5-4-9-16(17)20-18(21)13-12-15-7-2-1-3-8-15/h4-5,9-10,15H,1-3,6-8,11-14H2,(H,22,23). The van der Waals surface area contributed by atoms with E-state index < -0.39 is 5.97 Å².